The molecule has 2 aromatic heterocycles. The van der Waals surface area contributed by atoms with Crippen LogP contribution in [0, 0.1) is 5.82 Å². The molecule has 2 heterocycles. The van der Waals surface area contributed by atoms with E-state index in [9.17, 15) is 19.1 Å². The minimum absolute atomic E-state index is 0.0731. The van der Waals surface area contributed by atoms with Crippen molar-refractivity contribution in [3.8, 4) is 11.6 Å². The fraction of sp³-hybridized carbons (Fsp3) is 0.0769. The van der Waals surface area contributed by atoms with Gasteiger partial charge in [0.2, 0.25) is 5.88 Å². The van der Waals surface area contributed by atoms with Gasteiger partial charge in [-0.1, -0.05) is 36.4 Å². The summed E-state index contributed by atoms with van der Waals surface area (Å²) in [5, 5.41) is 19.7. The van der Waals surface area contributed by atoms with E-state index in [2.05, 4.69) is 10.2 Å². The second-order valence-electron chi connectivity index (χ2n) is 7.70. The van der Waals surface area contributed by atoms with Crippen molar-refractivity contribution in [1.82, 2.24) is 4.57 Å². The van der Waals surface area contributed by atoms with E-state index in [1.807, 2.05) is 0 Å². The highest BCUT2D eigenvalue weighted by molar-refractivity contribution is 5.95. The van der Waals surface area contributed by atoms with E-state index in [1.165, 1.54) is 22.8 Å². The first-order valence-electron chi connectivity index (χ1n) is 10.6. The van der Waals surface area contributed by atoms with Crippen molar-refractivity contribution >= 4 is 33.5 Å². The summed E-state index contributed by atoms with van der Waals surface area (Å²) < 4.78 is 26.2. The summed E-state index contributed by atoms with van der Waals surface area (Å²) >= 11 is 0. The number of azo groups is 1. The summed E-state index contributed by atoms with van der Waals surface area (Å²) in [6.07, 6.45) is 0. The van der Waals surface area contributed by atoms with Gasteiger partial charge in [0, 0.05) is 28.5 Å². The topological polar surface area (TPSA) is 106 Å². The predicted molar refractivity (Wildman–Crippen MR) is 127 cm³/mol. The number of halogens is 1. The number of benzene rings is 3. The van der Waals surface area contributed by atoms with Gasteiger partial charge in [0.1, 0.15) is 17.1 Å². The summed E-state index contributed by atoms with van der Waals surface area (Å²) in [6.45, 7) is -0.343. The molecule has 0 aliphatic heterocycles. The molecule has 8 nitrogen and oxygen atoms in total. The van der Waals surface area contributed by atoms with Gasteiger partial charge in [-0.15, -0.1) is 10.2 Å². The lowest BCUT2D eigenvalue weighted by Crippen LogP contribution is -2.07. The standard InChI is InChI=1S/C26H18FN3O5/c27-20-7-3-1-5-17(20)14-30-21-8-4-2-6-19(21)25(26(30)33)29-28-23(31)15-34-18-11-9-16-10-12-24(32)35-22(16)13-18/h1-13,33H,14-15H2. The van der Waals surface area contributed by atoms with Crippen LogP contribution in [0.5, 0.6) is 11.6 Å². The van der Waals surface area contributed by atoms with Gasteiger partial charge in [-0.25, -0.2) is 9.18 Å². The van der Waals surface area contributed by atoms with Crippen molar-refractivity contribution in [2.24, 2.45) is 10.2 Å². The molecule has 0 aliphatic rings. The van der Waals surface area contributed by atoms with E-state index in [0.29, 0.717) is 33.2 Å². The molecule has 0 saturated carbocycles. The van der Waals surface area contributed by atoms with Crippen molar-refractivity contribution in [3.63, 3.8) is 0 Å². The van der Waals surface area contributed by atoms with Crippen LogP contribution in [-0.2, 0) is 11.3 Å². The maximum Gasteiger partial charge on any atom is 0.336 e. The molecule has 1 amide bonds. The molecule has 35 heavy (non-hydrogen) atoms. The average Bonchev–Trinajstić information content (AvgIpc) is 3.13. The van der Waals surface area contributed by atoms with Crippen LogP contribution in [0.3, 0.4) is 0 Å². The van der Waals surface area contributed by atoms with Crippen LogP contribution in [0.2, 0.25) is 0 Å². The van der Waals surface area contributed by atoms with Crippen LogP contribution in [-0.4, -0.2) is 22.2 Å². The van der Waals surface area contributed by atoms with Gasteiger partial charge >= 0.3 is 11.5 Å². The van der Waals surface area contributed by atoms with Gasteiger partial charge < -0.3 is 18.8 Å². The van der Waals surface area contributed by atoms with Gasteiger partial charge in [-0.3, -0.25) is 4.79 Å². The number of carbonyl (C=O) groups is 1. The number of fused-ring (bicyclic) bond motifs is 2. The normalized spacial score (nSPS) is 11.5. The van der Waals surface area contributed by atoms with Crippen LogP contribution in [0.1, 0.15) is 5.56 Å². The summed E-state index contributed by atoms with van der Waals surface area (Å²) in [6, 6.07) is 21.1. The number of hydrogen-bond donors (Lipinski definition) is 1. The van der Waals surface area contributed by atoms with Gasteiger partial charge in [0.05, 0.1) is 12.1 Å². The van der Waals surface area contributed by atoms with Crippen molar-refractivity contribution in [1.29, 1.82) is 0 Å². The maximum absolute atomic E-state index is 14.2. The first kappa shape index (κ1) is 22.0. The Bertz CT molecular complexity index is 1650. The van der Waals surface area contributed by atoms with E-state index in [1.54, 1.807) is 60.7 Å². The smallest absolute Gasteiger partial charge is 0.336 e. The van der Waals surface area contributed by atoms with Crippen LogP contribution in [0.25, 0.3) is 21.9 Å². The number of carbonyl (C=O) groups excluding carboxylic acids is 1. The van der Waals surface area contributed by atoms with Crippen LogP contribution in [0.15, 0.2) is 98.3 Å². The number of aromatic nitrogens is 1. The Morgan fingerprint density at radius 3 is 2.66 bits per heavy atom. The molecule has 0 saturated heterocycles. The number of nitrogens with zero attached hydrogens (tertiary/aromatic N) is 3. The lowest BCUT2D eigenvalue weighted by Gasteiger charge is -2.08. The lowest BCUT2D eigenvalue weighted by molar-refractivity contribution is -0.120. The molecule has 5 aromatic rings. The van der Waals surface area contributed by atoms with Crippen molar-refractivity contribution in [2.45, 2.75) is 6.54 Å². The molecule has 0 atom stereocenters. The summed E-state index contributed by atoms with van der Waals surface area (Å²) in [5.41, 5.74) is 0.939. The molecule has 0 radical (unpaired) electrons. The summed E-state index contributed by atoms with van der Waals surface area (Å²) in [4.78, 5) is 23.7. The minimum Gasteiger partial charge on any atom is -0.493 e. The average molecular weight is 471 g/mol. The lowest BCUT2D eigenvalue weighted by atomic mass is 10.2. The third kappa shape index (κ3) is 4.51. The molecule has 1 N–H and O–H groups in total. The molecule has 5 rings (SSSR count). The quantitative estimate of drug-likeness (QED) is 0.266. The second-order valence-corrected chi connectivity index (χ2v) is 7.70. The number of amides is 1. The Morgan fingerprint density at radius 1 is 1.03 bits per heavy atom. The van der Waals surface area contributed by atoms with Gasteiger partial charge in [0.15, 0.2) is 12.3 Å². The van der Waals surface area contributed by atoms with Crippen LogP contribution < -0.4 is 10.4 Å². The molecule has 0 unspecified atom stereocenters. The number of hydrogen-bond acceptors (Lipinski definition) is 6. The predicted octanol–water partition coefficient (Wildman–Crippen LogP) is 5.33. The fourth-order valence-electron chi connectivity index (χ4n) is 3.74. The van der Waals surface area contributed by atoms with E-state index in [-0.39, 0.29) is 18.1 Å². The first-order chi connectivity index (χ1) is 17.0. The van der Waals surface area contributed by atoms with Gasteiger partial charge in [0.25, 0.3) is 0 Å². The van der Waals surface area contributed by atoms with Crippen molar-refractivity contribution in [3.05, 3.63) is 101 Å². The zero-order valence-corrected chi connectivity index (χ0v) is 18.2. The molecule has 3 aromatic carbocycles. The van der Waals surface area contributed by atoms with Crippen molar-refractivity contribution in [2.75, 3.05) is 6.61 Å². The monoisotopic (exact) mass is 471 g/mol. The summed E-state index contributed by atoms with van der Waals surface area (Å²) in [7, 11) is 0. The highest BCUT2D eigenvalue weighted by Gasteiger charge is 2.18. The Balaban J connectivity index is 1.36. The van der Waals surface area contributed by atoms with Gasteiger partial charge in [-0.05, 0) is 30.3 Å². The highest BCUT2D eigenvalue weighted by Crippen LogP contribution is 2.39. The largest absolute Gasteiger partial charge is 0.493 e. The van der Waals surface area contributed by atoms with E-state index < -0.39 is 24.0 Å². The second kappa shape index (κ2) is 9.22. The molecular weight excluding hydrogens is 453 g/mol. The Hall–Kier alpha value is -4.79. The fourth-order valence-corrected chi connectivity index (χ4v) is 3.74. The van der Waals surface area contributed by atoms with E-state index in [0.717, 1.165) is 0 Å². The van der Waals surface area contributed by atoms with Crippen molar-refractivity contribution < 1.29 is 23.4 Å². The number of aromatic hydroxyl groups is 1. The number of rotatable bonds is 6. The summed E-state index contributed by atoms with van der Waals surface area (Å²) in [5.74, 6) is -1.01. The molecular formula is C26H18FN3O5. The van der Waals surface area contributed by atoms with Crippen LogP contribution >= 0.6 is 0 Å². The number of para-hydroxylation sites is 1. The Morgan fingerprint density at radius 2 is 1.80 bits per heavy atom. The SMILES string of the molecule is O=C(COc1ccc2ccc(=O)oc2c1)N=Nc1c(O)n(Cc2ccccc2F)c2ccccc12. The molecule has 174 valence electrons. The third-order valence-corrected chi connectivity index (χ3v) is 5.42. The minimum atomic E-state index is -0.690. The highest BCUT2D eigenvalue weighted by atomic mass is 19.1. The molecule has 9 heteroatoms. The zero-order valence-electron chi connectivity index (χ0n) is 18.2. The Labute approximate surface area is 197 Å². The van der Waals surface area contributed by atoms with E-state index >= 15 is 0 Å². The number of ether oxygens (including phenoxy) is 1. The zero-order chi connectivity index (χ0) is 24.4. The molecule has 0 aliphatic carbocycles. The maximum atomic E-state index is 14.2. The molecule has 0 bridgehead atoms. The molecule has 0 fully saturated rings. The van der Waals surface area contributed by atoms with Gasteiger partial charge in [-0.2, -0.15) is 0 Å². The molecule has 0 spiro atoms. The first-order valence-corrected chi connectivity index (χ1v) is 10.6. The Kier molecular flexibility index (Phi) is 5.80. The van der Waals surface area contributed by atoms with Crippen LogP contribution in [0.4, 0.5) is 10.1 Å². The third-order valence-electron chi connectivity index (χ3n) is 5.42. The van der Waals surface area contributed by atoms with E-state index in [4.69, 9.17) is 9.15 Å².